The van der Waals surface area contributed by atoms with Crippen LogP contribution in [-0.4, -0.2) is 34.4 Å². The highest BCUT2D eigenvalue weighted by Crippen LogP contribution is 2.21. The molecule has 17 heavy (non-hydrogen) atoms. The molecule has 0 saturated carbocycles. The summed E-state index contributed by atoms with van der Waals surface area (Å²) >= 11 is 0.803. The van der Waals surface area contributed by atoms with Gasteiger partial charge in [0.25, 0.3) is 0 Å². The lowest BCUT2D eigenvalue weighted by molar-refractivity contribution is -0.139. The maximum Gasteiger partial charge on any atom is 0.338 e. The second kappa shape index (κ2) is 6.19. The van der Waals surface area contributed by atoms with Crippen molar-refractivity contribution in [3.05, 3.63) is 23.6 Å². The van der Waals surface area contributed by atoms with Gasteiger partial charge in [-0.2, -0.15) is 0 Å². The first-order valence-corrected chi connectivity index (χ1v) is 5.71. The average molecular weight is 259 g/mol. The second-order valence-corrected chi connectivity index (χ2v) is 3.84. The Balaban J connectivity index is 2.75. The maximum atomic E-state index is 13.5. The van der Waals surface area contributed by atoms with Crippen molar-refractivity contribution in [3.63, 3.8) is 0 Å². The van der Waals surface area contributed by atoms with Crippen molar-refractivity contribution >= 4 is 23.7 Å². The third-order valence-corrected chi connectivity index (χ3v) is 2.66. The number of nitrogens with zero attached hydrogens (tertiary/aromatic N) is 1. The predicted molar refractivity (Wildman–Crippen MR) is 58.5 cm³/mol. The molecule has 0 unspecified atom stereocenters. The summed E-state index contributed by atoms with van der Waals surface area (Å²) in [5, 5.41) is 8.56. The molecule has 0 aliphatic heterocycles. The van der Waals surface area contributed by atoms with Crippen LogP contribution in [0.5, 0.6) is 0 Å². The normalized spacial score (nSPS) is 10.0. The summed E-state index contributed by atoms with van der Waals surface area (Å²) in [5.74, 6) is -2.92. The molecule has 1 N–H and O–H groups in total. The summed E-state index contributed by atoms with van der Waals surface area (Å²) in [5.41, 5.74) is -0.466. The molecule has 0 saturated heterocycles. The fourth-order valence-corrected chi connectivity index (χ4v) is 1.73. The number of thioether (sulfide) groups is 1. The molecule has 0 atom stereocenters. The van der Waals surface area contributed by atoms with Crippen LogP contribution in [0.3, 0.4) is 0 Å². The number of carbonyl (C=O) groups excluding carboxylic acids is 1. The number of hydrogen-bond donors (Lipinski definition) is 1. The van der Waals surface area contributed by atoms with E-state index in [4.69, 9.17) is 5.11 Å². The van der Waals surface area contributed by atoms with Crippen molar-refractivity contribution in [1.29, 1.82) is 0 Å². The molecule has 0 bridgehead atoms. The van der Waals surface area contributed by atoms with E-state index in [1.54, 1.807) is 6.92 Å². The lowest BCUT2D eigenvalue weighted by Gasteiger charge is -2.04. The van der Waals surface area contributed by atoms with Crippen molar-refractivity contribution in [3.8, 4) is 0 Å². The summed E-state index contributed by atoms with van der Waals surface area (Å²) in [6.45, 7) is 1.90. The van der Waals surface area contributed by atoms with Crippen molar-refractivity contribution < 1.29 is 23.8 Å². The number of aromatic carboxylic acids is 1. The van der Waals surface area contributed by atoms with Gasteiger partial charge in [0.1, 0.15) is 5.03 Å². The number of ether oxygens (including phenoxy) is 1. The largest absolute Gasteiger partial charge is 0.478 e. The Morgan fingerprint density at radius 3 is 2.88 bits per heavy atom. The van der Waals surface area contributed by atoms with Gasteiger partial charge < -0.3 is 9.84 Å². The third-order valence-electron chi connectivity index (χ3n) is 1.72. The monoisotopic (exact) mass is 259 g/mol. The smallest absolute Gasteiger partial charge is 0.338 e. The number of carboxylic acids is 1. The molecule has 0 radical (unpaired) electrons. The van der Waals surface area contributed by atoms with Crippen molar-refractivity contribution in [1.82, 2.24) is 4.98 Å². The topological polar surface area (TPSA) is 76.5 Å². The van der Waals surface area contributed by atoms with Crippen LogP contribution >= 0.6 is 11.8 Å². The second-order valence-electron chi connectivity index (χ2n) is 2.88. The van der Waals surface area contributed by atoms with Gasteiger partial charge in [-0.3, -0.25) is 4.79 Å². The zero-order valence-corrected chi connectivity index (χ0v) is 9.79. The number of halogens is 1. The van der Waals surface area contributed by atoms with Crippen LogP contribution in [0.4, 0.5) is 4.39 Å². The minimum Gasteiger partial charge on any atom is -0.478 e. The van der Waals surface area contributed by atoms with E-state index in [0.717, 1.165) is 17.8 Å². The summed E-state index contributed by atoms with van der Waals surface area (Å²) in [6.07, 6.45) is 1.18. The minimum atomic E-state index is -1.37. The van der Waals surface area contributed by atoms with Crippen LogP contribution in [0.2, 0.25) is 0 Å². The van der Waals surface area contributed by atoms with Crippen LogP contribution in [-0.2, 0) is 9.53 Å². The molecule has 0 amide bonds. The summed E-state index contributed by atoms with van der Waals surface area (Å²) < 4.78 is 18.2. The highest BCUT2D eigenvalue weighted by Gasteiger charge is 2.16. The molecule has 0 aliphatic rings. The van der Waals surface area contributed by atoms with Gasteiger partial charge in [0.15, 0.2) is 5.82 Å². The molecular weight excluding hydrogens is 249 g/mol. The SMILES string of the molecule is CCOC(=O)CSc1nccc(C(=O)O)c1F. The lowest BCUT2D eigenvalue weighted by Crippen LogP contribution is -2.08. The number of rotatable bonds is 5. The lowest BCUT2D eigenvalue weighted by atomic mass is 10.3. The van der Waals surface area contributed by atoms with E-state index in [-0.39, 0.29) is 17.4 Å². The van der Waals surface area contributed by atoms with Gasteiger partial charge in [-0.05, 0) is 13.0 Å². The molecule has 0 aliphatic carbocycles. The maximum absolute atomic E-state index is 13.5. The Morgan fingerprint density at radius 2 is 2.29 bits per heavy atom. The molecule has 1 aromatic rings. The van der Waals surface area contributed by atoms with Crippen LogP contribution in [0.15, 0.2) is 17.3 Å². The third kappa shape index (κ3) is 3.70. The fraction of sp³-hybridized carbons (Fsp3) is 0.300. The Bertz CT molecular complexity index is 438. The quantitative estimate of drug-likeness (QED) is 0.639. The number of carboxylic acid groups (broad SMARTS) is 1. The fourth-order valence-electron chi connectivity index (χ4n) is 1.02. The van der Waals surface area contributed by atoms with Crippen molar-refractivity contribution in [2.24, 2.45) is 0 Å². The van der Waals surface area contributed by atoms with Gasteiger partial charge in [-0.1, -0.05) is 11.8 Å². The Morgan fingerprint density at radius 1 is 1.59 bits per heavy atom. The molecule has 1 heterocycles. The first-order chi connectivity index (χ1) is 8.06. The summed E-state index contributed by atoms with van der Waals surface area (Å²) in [7, 11) is 0. The summed E-state index contributed by atoms with van der Waals surface area (Å²) in [4.78, 5) is 25.4. The Hall–Kier alpha value is -1.63. The molecule has 7 heteroatoms. The highest BCUT2D eigenvalue weighted by molar-refractivity contribution is 7.99. The number of esters is 1. The molecule has 1 rings (SSSR count). The molecule has 5 nitrogen and oxygen atoms in total. The highest BCUT2D eigenvalue weighted by atomic mass is 32.2. The van der Waals surface area contributed by atoms with Crippen LogP contribution < -0.4 is 0 Å². The van der Waals surface area contributed by atoms with Crippen LogP contribution in [0, 0.1) is 5.82 Å². The Labute approximate surface area is 101 Å². The first-order valence-electron chi connectivity index (χ1n) is 4.72. The van der Waals surface area contributed by atoms with Gasteiger partial charge in [0.2, 0.25) is 0 Å². The van der Waals surface area contributed by atoms with E-state index in [9.17, 15) is 14.0 Å². The zero-order valence-electron chi connectivity index (χ0n) is 8.97. The minimum absolute atomic E-state index is 0.110. The molecule has 92 valence electrons. The molecule has 0 aromatic carbocycles. The molecule has 0 fully saturated rings. The van der Waals surface area contributed by atoms with E-state index in [1.165, 1.54) is 6.20 Å². The van der Waals surface area contributed by atoms with E-state index < -0.39 is 23.3 Å². The molecule has 1 aromatic heterocycles. The van der Waals surface area contributed by atoms with Crippen molar-refractivity contribution in [2.75, 3.05) is 12.4 Å². The van der Waals surface area contributed by atoms with Gasteiger partial charge in [-0.25, -0.2) is 14.2 Å². The van der Waals surface area contributed by atoms with E-state index in [2.05, 4.69) is 9.72 Å². The number of hydrogen-bond acceptors (Lipinski definition) is 5. The van der Waals surface area contributed by atoms with Gasteiger partial charge >= 0.3 is 11.9 Å². The van der Waals surface area contributed by atoms with E-state index in [0.29, 0.717) is 0 Å². The Kier molecular flexibility index (Phi) is 4.89. The van der Waals surface area contributed by atoms with Crippen LogP contribution in [0.1, 0.15) is 17.3 Å². The first kappa shape index (κ1) is 13.4. The van der Waals surface area contributed by atoms with E-state index in [1.807, 2.05) is 0 Å². The number of aromatic nitrogens is 1. The van der Waals surface area contributed by atoms with Crippen LogP contribution in [0.25, 0.3) is 0 Å². The van der Waals surface area contributed by atoms with Gasteiger partial charge in [0, 0.05) is 6.20 Å². The zero-order chi connectivity index (χ0) is 12.8. The van der Waals surface area contributed by atoms with Crippen molar-refractivity contribution in [2.45, 2.75) is 11.9 Å². The molecular formula is C10H10FNO4S. The average Bonchev–Trinajstić information content (AvgIpc) is 2.27. The van der Waals surface area contributed by atoms with E-state index >= 15 is 0 Å². The number of pyridine rings is 1. The van der Waals surface area contributed by atoms with Gasteiger partial charge in [-0.15, -0.1) is 0 Å². The standard InChI is InChI=1S/C10H10FNO4S/c1-2-16-7(13)5-17-9-8(11)6(10(14)15)3-4-12-9/h3-4H,2,5H2,1H3,(H,14,15). The number of carbonyl (C=O) groups is 2. The molecule has 0 spiro atoms. The summed E-state index contributed by atoms with van der Waals surface area (Å²) in [6, 6.07) is 1.06. The predicted octanol–water partition coefficient (Wildman–Crippen LogP) is 1.57. The van der Waals surface area contributed by atoms with Gasteiger partial charge in [0.05, 0.1) is 17.9 Å².